The summed E-state index contributed by atoms with van der Waals surface area (Å²) in [5, 5.41) is 2.23. The molecule has 46 heavy (non-hydrogen) atoms. The van der Waals surface area contributed by atoms with E-state index in [1.807, 2.05) is 55.5 Å². The van der Waals surface area contributed by atoms with E-state index in [1.165, 1.54) is 13.2 Å². The lowest BCUT2D eigenvalue weighted by Gasteiger charge is -2.26. The number of rotatable bonds is 12. The highest BCUT2D eigenvalue weighted by Crippen LogP contribution is 2.39. The Kier molecular flexibility index (Phi) is 10.2. The standard InChI is InChI=1S/C35H31BrN2O8/c1-4-44-31-19-24(16-27-33(39)37-35(41)38(34(27)40)25-11-13-26(42-2)14-12-25)17-28(36)32(31)46-21-23-10-15-29(30(18-23)43-3)45-20-22-8-6-5-7-9-22/h5-19H,4,20-21H2,1-3H3,(H,37,39,41)/b27-16+. The number of barbiturate groups is 1. The molecule has 1 aliphatic rings. The van der Waals surface area contributed by atoms with Crippen LogP contribution in [0.3, 0.4) is 0 Å². The molecular weight excluding hydrogens is 656 g/mol. The lowest BCUT2D eigenvalue weighted by atomic mass is 10.1. The second-order valence-corrected chi connectivity index (χ2v) is 10.8. The van der Waals surface area contributed by atoms with Gasteiger partial charge < -0.3 is 23.7 Å². The summed E-state index contributed by atoms with van der Waals surface area (Å²) in [7, 11) is 3.09. The summed E-state index contributed by atoms with van der Waals surface area (Å²) in [6.07, 6.45) is 1.40. The van der Waals surface area contributed by atoms with E-state index in [4.69, 9.17) is 23.7 Å². The molecule has 236 valence electrons. The second-order valence-electron chi connectivity index (χ2n) is 9.97. The number of halogens is 1. The van der Waals surface area contributed by atoms with Gasteiger partial charge in [-0.1, -0.05) is 36.4 Å². The van der Waals surface area contributed by atoms with Crippen LogP contribution in [-0.4, -0.2) is 38.7 Å². The average Bonchev–Trinajstić information content (AvgIpc) is 3.06. The molecule has 1 aliphatic heterocycles. The van der Waals surface area contributed by atoms with Crippen LogP contribution in [0.4, 0.5) is 10.5 Å². The largest absolute Gasteiger partial charge is 0.497 e. The van der Waals surface area contributed by atoms with E-state index in [0.29, 0.717) is 52.0 Å². The zero-order valence-corrected chi connectivity index (χ0v) is 27.0. The topological polar surface area (TPSA) is 113 Å². The van der Waals surface area contributed by atoms with Crippen LogP contribution >= 0.6 is 15.9 Å². The van der Waals surface area contributed by atoms with Gasteiger partial charge in [-0.25, -0.2) is 9.69 Å². The summed E-state index contributed by atoms with van der Waals surface area (Å²) in [6.45, 7) is 2.76. The number of carbonyl (C=O) groups excluding carboxylic acids is 3. The molecule has 0 spiro atoms. The van der Waals surface area contributed by atoms with E-state index in [1.54, 1.807) is 43.5 Å². The molecule has 4 amide bonds. The number of methoxy groups -OCH3 is 2. The van der Waals surface area contributed by atoms with Crippen molar-refractivity contribution in [1.29, 1.82) is 0 Å². The molecule has 5 rings (SSSR count). The maximum absolute atomic E-state index is 13.4. The normalized spacial score (nSPS) is 13.8. The molecule has 1 fully saturated rings. The molecule has 0 unspecified atom stereocenters. The van der Waals surface area contributed by atoms with Crippen molar-refractivity contribution in [2.75, 3.05) is 25.7 Å². The van der Waals surface area contributed by atoms with Gasteiger partial charge in [-0.15, -0.1) is 0 Å². The third-order valence-electron chi connectivity index (χ3n) is 6.92. The summed E-state index contributed by atoms with van der Waals surface area (Å²) in [4.78, 5) is 39.6. The molecule has 1 heterocycles. The molecule has 0 aliphatic carbocycles. The molecular formula is C35H31BrN2O8. The fourth-order valence-electron chi connectivity index (χ4n) is 4.68. The van der Waals surface area contributed by atoms with Gasteiger partial charge in [0.15, 0.2) is 23.0 Å². The maximum atomic E-state index is 13.4. The zero-order chi connectivity index (χ0) is 32.6. The van der Waals surface area contributed by atoms with E-state index < -0.39 is 17.8 Å². The smallest absolute Gasteiger partial charge is 0.335 e. The number of nitrogens with one attached hydrogen (secondary N) is 1. The van der Waals surface area contributed by atoms with Crippen LogP contribution in [0.5, 0.6) is 28.7 Å². The molecule has 4 aromatic carbocycles. The summed E-state index contributed by atoms with van der Waals surface area (Å²) in [5.41, 5.74) is 2.42. The molecule has 10 nitrogen and oxygen atoms in total. The van der Waals surface area contributed by atoms with Crippen molar-refractivity contribution in [2.45, 2.75) is 20.1 Å². The highest BCUT2D eigenvalue weighted by Gasteiger charge is 2.37. The SMILES string of the molecule is CCOc1cc(/C=C2\C(=O)NC(=O)N(c3ccc(OC)cc3)C2=O)cc(Br)c1OCc1ccc(OCc2ccccc2)c(OC)c1. The maximum Gasteiger partial charge on any atom is 0.335 e. The van der Waals surface area contributed by atoms with Crippen LogP contribution in [0.1, 0.15) is 23.6 Å². The van der Waals surface area contributed by atoms with Gasteiger partial charge in [-0.3, -0.25) is 14.9 Å². The van der Waals surface area contributed by atoms with E-state index in [9.17, 15) is 14.4 Å². The number of ether oxygens (including phenoxy) is 5. The fourth-order valence-corrected chi connectivity index (χ4v) is 5.25. The molecule has 0 radical (unpaired) electrons. The quantitative estimate of drug-likeness (QED) is 0.130. The van der Waals surface area contributed by atoms with Gasteiger partial charge in [0.05, 0.1) is 31.0 Å². The summed E-state index contributed by atoms with van der Waals surface area (Å²) in [6, 6.07) is 24.3. The van der Waals surface area contributed by atoms with Crippen molar-refractivity contribution in [1.82, 2.24) is 5.32 Å². The van der Waals surface area contributed by atoms with Crippen molar-refractivity contribution in [3.63, 3.8) is 0 Å². The van der Waals surface area contributed by atoms with Crippen molar-refractivity contribution in [2.24, 2.45) is 0 Å². The molecule has 0 bridgehead atoms. The number of hydrogen-bond donors (Lipinski definition) is 1. The monoisotopic (exact) mass is 686 g/mol. The van der Waals surface area contributed by atoms with Crippen LogP contribution in [0.15, 0.2) is 95.0 Å². The Labute approximate surface area is 274 Å². The molecule has 0 saturated carbocycles. The second kappa shape index (κ2) is 14.7. The lowest BCUT2D eigenvalue weighted by molar-refractivity contribution is -0.122. The Morgan fingerprint density at radius 1 is 0.761 bits per heavy atom. The predicted molar refractivity (Wildman–Crippen MR) is 175 cm³/mol. The minimum atomic E-state index is -0.843. The van der Waals surface area contributed by atoms with Crippen molar-refractivity contribution in [3.05, 3.63) is 112 Å². The van der Waals surface area contributed by atoms with Gasteiger partial charge in [0, 0.05) is 0 Å². The van der Waals surface area contributed by atoms with E-state index in [-0.39, 0.29) is 17.9 Å². The first-order chi connectivity index (χ1) is 22.3. The Balaban J connectivity index is 1.35. The Hall–Kier alpha value is -5.29. The van der Waals surface area contributed by atoms with Gasteiger partial charge >= 0.3 is 6.03 Å². The molecule has 0 atom stereocenters. The van der Waals surface area contributed by atoms with Crippen molar-refractivity contribution in [3.8, 4) is 28.7 Å². The minimum absolute atomic E-state index is 0.189. The van der Waals surface area contributed by atoms with Crippen molar-refractivity contribution >= 4 is 45.5 Å². The van der Waals surface area contributed by atoms with E-state index in [0.717, 1.165) is 16.0 Å². The number of urea groups is 1. The molecule has 0 aromatic heterocycles. The number of benzene rings is 4. The number of anilines is 1. The summed E-state index contributed by atoms with van der Waals surface area (Å²) in [5.74, 6) is 0.989. The van der Waals surface area contributed by atoms with Gasteiger partial charge in [0.25, 0.3) is 11.8 Å². The number of amides is 4. The zero-order valence-electron chi connectivity index (χ0n) is 25.4. The highest BCUT2D eigenvalue weighted by molar-refractivity contribution is 9.10. The van der Waals surface area contributed by atoms with Gasteiger partial charge in [0.2, 0.25) is 0 Å². The van der Waals surface area contributed by atoms with Crippen molar-refractivity contribution < 1.29 is 38.1 Å². The first-order valence-corrected chi connectivity index (χ1v) is 15.1. The molecule has 1 N–H and O–H groups in total. The van der Waals surface area contributed by atoms with Crippen LogP contribution in [0.25, 0.3) is 6.08 Å². The first kappa shape index (κ1) is 32.1. The Bertz CT molecular complexity index is 1770. The van der Waals surface area contributed by atoms with Crippen LogP contribution in [-0.2, 0) is 22.8 Å². The summed E-state index contributed by atoms with van der Waals surface area (Å²) < 4.78 is 29.2. The number of carbonyl (C=O) groups is 3. The minimum Gasteiger partial charge on any atom is -0.497 e. The van der Waals surface area contributed by atoms with E-state index >= 15 is 0 Å². The first-order valence-electron chi connectivity index (χ1n) is 14.3. The third-order valence-corrected chi connectivity index (χ3v) is 7.51. The fraction of sp³-hybridized carbons (Fsp3) is 0.171. The Morgan fingerprint density at radius 2 is 1.50 bits per heavy atom. The van der Waals surface area contributed by atoms with Gasteiger partial charge in [0.1, 0.15) is 24.5 Å². The molecule has 1 saturated heterocycles. The molecule has 4 aromatic rings. The predicted octanol–water partition coefficient (Wildman–Crippen LogP) is 6.69. The number of nitrogens with zero attached hydrogens (tertiary/aromatic N) is 1. The number of hydrogen-bond acceptors (Lipinski definition) is 8. The van der Waals surface area contributed by atoms with Crippen LogP contribution < -0.4 is 33.9 Å². The van der Waals surface area contributed by atoms with Gasteiger partial charge in [-0.05, 0) is 94.2 Å². The van der Waals surface area contributed by atoms with Gasteiger partial charge in [-0.2, -0.15) is 0 Å². The van der Waals surface area contributed by atoms with Crippen LogP contribution in [0, 0.1) is 0 Å². The highest BCUT2D eigenvalue weighted by atomic mass is 79.9. The van der Waals surface area contributed by atoms with E-state index in [2.05, 4.69) is 21.2 Å². The average molecular weight is 688 g/mol. The molecule has 11 heteroatoms. The van der Waals surface area contributed by atoms with Crippen LogP contribution in [0.2, 0.25) is 0 Å². The Morgan fingerprint density at radius 3 is 2.20 bits per heavy atom. The summed E-state index contributed by atoms with van der Waals surface area (Å²) >= 11 is 3.55. The third kappa shape index (κ3) is 7.32. The number of imide groups is 2. The lowest BCUT2D eigenvalue weighted by Crippen LogP contribution is -2.54.